The number of thioether (sulfide) groups is 1. The summed E-state index contributed by atoms with van der Waals surface area (Å²) in [6, 6.07) is 19.2. The molecule has 0 fully saturated rings. The second-order valence-corrected chi connectivity index (χ2v) is 5.58. The van der Waals surface area contributed by atoms with E-state index < -0.39 is 0 Å². The number of nitriles is 1. The van der Waals surface area contributed by atoms with Crippen molar-refractivity contribution >= 4 is 23.3 Å². The number of rotatable bonds is 5. The maximum Gasteiger partial charge on any atom is 0.152 e. The van der Waals surface area contributed by atoms with Crippen LogP contribution in [0, 0.1) is 11.3 Å². The highest BCUT2D eigenvalue weighted by Crippen LogP contribution is 2.27. The standard InChI is InChI=1S/C18H14N4OS/c1-24-18-16(11-19)17(20-12-21-18)22-13-7-9-15(10-8-13)23-14-5-3-2-4-6-14/h2-10,12H,1H3,(H,20,21,22). The van der Waals surface area contributed by atoms with Crippen LogP contribution in [0.5, 0.6) is 11.5 Å². The Labute approximate surface area is 144 Å². The Bertz CT molecular complexity index is 860. The zero-order valence-electron chi connectivity index (χ0n) is 12.9. The summed E-state index contributed by atoms with van der Waals surface area (Å²) >= 11 is 1.41. The molecule has 0 aliphatic rings. The average molecular weight is 334 g/mol. The van der Waals surface area contributed by atoms with Crippen LogP contribution in [-0.4, -0.2) is 16.2 Å². The molecule has 0 bridgehead atoms. The van der Waals surface area contributed by atoms with Crippen molar-refractivity contribution in [1.29, 1.82) is 5.26 Å². The number of nitrogens with zero attached hydrogens (tertiary/aromatic N) is 3. The first-order valence-corrected chi connectivity index (χ1v) is 8.41. The van der Waals surface area contributed by atoms with Gasteiger partial charge in [0.25, 0.3) is 0 Å². The molecule has 1 N–H and O–H groups in total. The Morgan fingerprint density at radius 1 is 1.00 bits per heavy atom. The molecule has 6 heteroatoms. The Hall–Kier alpha value is -3.04. The van der Waals surface area contributed by atoms with Crippen molar-refractivity contribution < 1.29 is 4.74 Å². The maximum absolute atomic E-state index is 9.31. The van der Waals surface area contributed by atoms with Gasteiger partial charge in [-0.05, 0) is 42.7 Å². The number of para-hydroxylation sites is 1. The van der Waals surface area contributed by atoms with Crippen LogP contribution in [0.3, 0.4) is 0 Å². The van der Waals surface area contributed by atoms with Crippen molar-refractivity contribution in [2.75, 3.05) is 11.6 Å². The van der Waals surface area contributed by atoms with Crippen LogP contribution in [0.1, 0.15) is 5.56 Å². The monoisotopic (exact) mass is 334 g/mol. The molecule has 0 amide bonds. The van der Waals surface area contributed by atoms with Gasteiger partial charge in [-0.2, -0.15) is 5.26 Å². The van der Waals surface area contributed by atoms with Crippen molar-refractivity contribution in [3.63, 3.8) is 0 Å². The maximum atomic E-state index is 9.31. The quantitative estimate of drug-likeness (QED) is 0.543. The van der Waals surface area contributed by atoms with Crippen LogP contribution in [-0.2, 0) is 0 Å². The van der Waals surface area contributed by atoms with Crippen LogP contribution >= 0.6 is 11.8 Å². The van der Waals surface area contributed by atoms with E-state index in [1.54, 1.807) is 0 Å². The molecule has 0 unspecified atom stereocenters. The Balaban J connectivity index is 1.77. The van der Waals surface area contributed by atoms with Crippen LogP contribution in [0.4, 0.5) is 11.5 Å². The van der Waals surface area contributed by atoms with Crippen LogP contribution in [0.15, 0.2) is 66.0 Å². The Morgan fingerprint density at radius 2 is 1.71 bits per heavy atom. The molecule has 2 aromatic carbocycles. The predicted octanol–water partition coefficient (Wildman–Crippen LogP) is 4.61. The zero-order chi connectivity index (χ0) is 16.8. The smallest absolute Gasteiger partial charge is 0.152 e. The van der Waals surface area contributed by atoms with E-state index >= 15 is 0 Å². The summed E-state index contributed by atoms with van der Waals surface area (Å²) in [5, 5.41) is 13.1. The van der Waals surface area contributed by atoms with Gasteiger partial charge < -0.3 is 10.1 Å². The van der Waals surface area contributed by atoms with Gasteiger partial charge in [-0.15, -0.1) is 11.8 Å². The first kappa shape index (κ1) is 15.8. The number of aromatic nitrogens is 2. The first-order chi connectivity index (χ1) is 11.8. The molecule has 0 saturated heterocycles. The van der Waals surface area contributed by atoms with Gasteiger partial charge in [-0.1, -0.05) is 18.2 Å². The number of hydrogen-bond acceptors (Lipinski definition) is 6. The number of ether oxygens (including phenoxy) is 1. The fourth-order valence-electron chi connectivity index (χ4n) is 2.09. The lowest BCUT2D eigenvalue weighted by Crippen LogP contribution is -2.00. The molecule has 0 aliphatic carbocycles. The van der Waals surface area contributed by atoms with Crippen molar-refractivity contribution in [3.05, 3.63) is 66.5 Å². The topological polar surface area (TPSA) is 70.8 Å². The summed E-state index contributed by atoms with van der Waals surface area (Å²) in [4.78, 5) is 8.25. The second-order valence-electron chi connectivity index (χ2n) is 4.78. The average Bonchev–Trinajstić information content (AvgIpc) is 2.64. The molecule has 1 aromatic heterocycles. The molecule has 3 rings (SSSR count). The van der Waals surface area contributed by atoms with Gasteiger partial charge >= 0.3 is 0 Å². The van der Waals surface area contributed by atoms with E-state index in [9.17, 15) is 5.26 Å². The Kier molecular flexibility index (Phi) is 4.94. The molecule has 0 spiro atoms. The third-order valence-electron chi connectivity index (χ3n) is 3.21. The lowest BCUT2D eigenvalue weighted by atomic mass is 10.2. The van der Waals surface area contributed by atoms with Gasteiger partial charge in [-0.25, -0.2) is 9.97 Å². The minimum absolute atomic E-state index is 0.439. The molecule has 3 aromatic rings. The van der Waals surface area contributed by atoms with Crippen molar-refractivity contribution in [2.24, 2.45) is 0 Å². The van der Waals surface area contributed by atoms with Crippen LogP contribution in [0.25, 0.3) is 0 Å². The molecule has 1 heterocycles. The number of benzene rings is 2. The van der Waals surface area contributed by atoms with Gasteiger partial charge in [0.2, 0.25) is 0 Å². The van der Waals surface area contributed by atoms with Gasteiger partial charge in [0.15, 0.2) is 5.82 Å². The summed E-state index contributed by atoms with van der Waals surface area (Å²) in [5.41, 5.74) is 1.26. The highest BCUT2D eigenvalue weighted by molar-refractivity contribution is 7.98. The highest BCUT2D eigenvalue weighted by atomic mass is 32.2. The van der Waals surface area contributed by atoms with E-state index in [-0.39, 0.29) is 0 Å². The molecule has 5 nitrogen and oxygen atoms in total. The number of nitrogens with one attached hydrogen (secondary N) is 1. The summed E-state index contributed by atoms with van der Waals surface area (Å²) in [5.74, 6) is 2.01. The summed E-state index contributed by atoms with van der Waals surface area (Å²) in [6.07, 6.45) is 3.32. The molecular formula is C18H14N4OS. The van der Waals surface area contributed by atoms with Gasteiger partial charge in [0.1, 0.15) is 34.5 Å². The molecule has 118 valence electrons. The van der Waals surface area contributed by atoms with E-state index in [1.807, 2.05) is 60.9 Å². The van der Waals surface area contributed by atoms with E-state index in [0.717, 1.165) is 17.2 Å². The minimum Gasteiger partial charge on any atom is -0.457 e. The molecule has 0 atom stereocenters. The number of hydrogen-bond donors (Lipinski definition) is 1. The lowest BCUT2D eigenvalue weighted by Gasteiger charge is -2.10. The third kappa shape index (κ3) is 3.65. The van der Waals surface area contributed by atoms with Gasteiger partial charge in [-0.3, -0.25) is 0 Å². The fraction of sp³-hybridized carbons (Fsp3) is 0.0556. The van der Waals surface area contributed by atoms with E-state index in [1.165, 1.54) is 18.1 Å². The largest absolute Gasteiger partial charge is 0.457 e. The first-order valence-electron chi connectivity index (χ1n) is 7.19. The van der Waals surface area contributed by atoms with E-state index in [0.29, 0.717) is 16.4 Å². The zero-order valence-corrected chi connectivity index (χ0v) is 13.7. The van der Waals surface area contributed by atoms with Crippen molar-refractivity contribution in [1.82, 2.24) is 9.97 Å². The van der Waals surface area contributed by atoms with Crippen molar-refractivity contribution in [3.8, 4) is 17.6 Å². The van der Waals surface area contributed by atoms with Gasteiger partial charge in [0.05, 0.1) is 0 Å². The number of anilines is 2. The summed E-state index contributed by atoms with van der Waals surface area (Å²) < 4.78 is 5.76. The summed E-state index contributed by atoms with van der Waals surface area (Å²) in [7, 11) is 0. The molecular weight excluding hydrogens is 320 g/mol. The van der Waals surface area contributed by atoms with E-state index in [2.05, 4.69) is 21.4 Å². The SMILES string of the molecule is CSc1ncnc(Nc2ccc(Oc3ccccc3)cc2)c1C#N. The normalized spacial score (nSPS) is 10.0. The lowest BCUT2D eigenvalue weighted by molar-refractivity contribution is 0.483. The highest BCUT2D eigenvalue weighted by Gasteiger charge is 2.10. The van der Waals surface area contributed by atoms with Crippen molar-refractivity contribution in [2.45, 2.75) is 5.03 Å². The third-order valence-corrected chi connectivity index (χ3v) is 3.91. The molecule has 0 saturated carbocycles. The minimum atomic E-state index is 0.439. The molecule has 0 aliphatic heterocycles. The second kappa shape index (κ2) is 7.49. The predicted molar refractivity (Wildman–Crippen MR) is 94.8 cm³/mol. The fourth-order valence-corrected chi connectivity index (χ4v) is 2.59. The summed E-state index contributed by atoms with van der Waals surface area (Å²) in [6.45, 7) is 0. The van der Waals surface area contributed by atoms with Crippen LogP contribution < -0.4 is 10.1 Å². The molecule has 24 heavy (non-hydrogen) atoms. The Morgan fingerprint density at radius 3 is 2.38 bits per heavy atom. The van der Waals surface area contributed by atoms with E-state index in [4.69, 9.17) is 4.74 Å². The molecule has 0 radical (unpaired) electrons. The van der Waals surface area contributed by atoms with Crippen LogP contribution in [0.2, 0.25) is 0 Å². The van der Waals surface area contributed by atoms with Gasteiger partial charge in [0, 0.05) is 5.69 Å².